The first-order chi connectivity index (χ1) is 13.2. The van der Waals surface area contributed by atoms with Crippen molar-refractivity contribution in [3.63, 3.8) is 0 Å². The average molecular weight is 368 g/mol. The third kappa shape index (κ3) is 5.23. The number of likely N-dealkylation sites (tertiary alicyclic amines) is 1. The molecule has 0 aliphatic carbocycles. The van der Waals surface area contributed by atoms with Gasteiger partial charge in [-0.15, -0.1) is 0 Å². The van der Waals surface area contributed by atoms with Crippen LogP contribution in [0.5, 0.6) is 5.75 Å². The van der Waals surface area contributed by atoms with Crippen molar-refractivity contribution in [2.45, 2.75) is 25.4 Å². The van der Waals surface area contributed by atoms with E-state index in [0.29, 0.717) is 19.6 Å². The summed E-state index contributed by atoms with van der Waals surface area (Å²) in [5.41, 5.74) is 2.13. The van der Waals surface area contributed by atoms with Gasteiger partial charge in [-0.25, -0.2) is 4.79 Å². The number of amides is 2. The van der Waals surface area contributed by atoms with Gasteiger partial charge in [-0.2, -0.15) is 0 Å². The topological polar surface area (TPSA) is 61.8 Å². The Labute approximate surface area is 161 Å². The molecular formula is C22H28N2O3. The lowest BCUT2D eigenvalue weighted by atomic mass is 9.87. The predicted octanol–water partition coefficient (Wildman–Crippen LogP) is 3.39. The molecule has 5 heteroatoms. The van der Waals surface area contributed by atoms with Crippen LogP contribution in [0.4, 0.5) is 4.79 Å². The van der Waals surface area contributed by atoms with Crippen LogP contribution in [0, 0.1) is 5.92 Å². The molecule has 1 heterocycles. The molecule has 2 aromatic carbocycles. The number of ether oxygens (including phenoxy) is 1. The zero-order valence-corrected chi connectivity index (χ0v) is 15.8. The number of aliphatic hydroxyl groups is 1. The summed E-state index contributed by atoms with van der Waals surface area (Å²) in [7, 11) is 1.65. The smallest absolute Gasteiger partial charge is 0.317 e. The lowest BCUT2D eigenvalue weighted by Crippen LogP contribution is -2.45. The quantitative estimate of drug-likeness (QED) is 0.822. The summed E-state index contributed by atoms with van der Waals surface area (Å²) in [4.78, 5) is 14.2. The molecule has 0 radical (unpaired) electrons. The maximum Gasteiger partial charge on any atom is 0.317 e. The molecule has 2 aromatic rings. The van der Waals surface area contributed by atoms with Crippen LogP contribution in [-0.2, 0) is 6.42 Å². The number of piperidine rings is 1. The third-order valence-corrected chi connectivity index (χ3v) is 5.26. The fourth-order valence-electron chi connectivity index (χ4n) is 3.56. The van der Waals surface area contributed by atoms with Crippen LogP contribution in [0.2, 0.25) is 0 Å². The molecular weight excluding hydrogens is 340 g/mol. The van der Waals surface area contributed by atoms with E-state index < -0.39 is 6.10 Å². The van der Waals surface area contributed by atoms with Crippen molar-refractivity contribution < 1.29 is 14.6 Å². The molecule has 27 heavy (non-hydrogen) atoms. The van der Waals surface area contributed by atoms with E-state index in [4.69, 9.17) is 4.74 Å². The Balaban J connectivity index is 1.40. The van der Waals surface area contributed by atoms with Gasteiger partial charge in [0.05, 0.1) is 13.2 Å². The normalized spacial score (nSPS) is 16.0. The highest BCUT2D eigenvalue weighted by Crippen LogP contribution is 2.30. The summed E-state index contributed by atoms with van der Waals surface area (Å²) in [5, 5.41) is 13.5. The molecule has 0 aromatic heterocycles. The van der Waals surface area contributed by atoms with Gasteiger partial charge >= 0.3 is 6.03 Å². The minimum atomic E-state index is -0.452. The highest BCUT2D eigenvalue weighted by Gasteiger charge is 2.28. The van der Waals surface area contributed by atoms with Gasteiger partial charge < -0.3 is 20.1 Å². The van der Waals surface area contributed by atoms with Gasteiger partial charge in [0, 0.05) is 19.6 Å². The van der Waals surface area contributed by atoms with Gasteiger partial charge in [0.25, 0.3) is 0 Å². The molecule has 144 valence electrons. The zero-order chi connectivity index (χ0) is 19.1. The van der Waals surface area contributed by atoms with Crippen molar-refractivity contribution in [1.29, 1.82) is 0 Å². The third-order valence-electron chi connectivity index (χ3n) is 5.26. The van der Waals surface area contributed by atoms with E-state index in [1.54, 1.807) is 7.11 Å². The Morgan fingerprint density at radius 3 is 2.44 bits per heavy atom. The monoisotopic (exact) mass is 368 g/mol. The molecule has 2 N–H and O–H groups in total. The van der Waals surface area contributed by atoms with Gasteiger partial charge in [-0.05, 0) is 48.4 Å². The van der Waals surface area contributed by atoms with Crippen LogP contribution < -0.4 is 10.1 Å². The summed E-state index contributed by atoms with van der Waals surface area (Å²) < 4.78 is 5.15. The maximum atomic E-state index is 12.4. The molecule has 0 bridgehead atoms. The molecule has 1 unspecified atom stereocenters. The van der Waals surface area contributed by atoms with Crippen LogP contribution in [-0.4, -0.2) is 42.8 Å². The van der Waals surface area contributed by atoms with Crippen LogP contribution in [0.3, 0.4) is 0 Å². The lowest BCUT2D eigenvalue weighted by molar-refractivity contribution is 0.0666. The van der Waals surface area contributed by atoms with Gasteiger partial charge in [0.1, 0.15) is 5.75 Å². The summed E-state index contributed by atoms with van der Waals surface area (Å²) in [5.74, 6) is 1.04. The second-order valence-electron chi connectivity index (χ2n) is 7.01. The van der Waals surface area contributed by atoms with Crippen LogP contribution in [0.1, 0.15) is 30.1 Å². The van der Waals surface area contributed by atoms with Crippen molar-refractivity contribution in [1.82, 2.24) is 10.2 Å². The molecule has 5 nitrogen and oxygen atoms in total. The molecule has 1 aliphatic rings. The number of nitrogens with zero attached hydrogens (tertiary/aromatic N) is 1. The molecule has 0 saturated carbocycles. The molecule has 1 atom stereocenters. The Hall–Kier alpha value is -2.53. The summed E-state index contributed by atoms with van der Waals surface area (Å²) in [6.07, 6.45) is 1.98. The second-order valence-corrected chi connectivity index (χ2v) is 7.01. The number of carbonyl (C=O) groups is 1. The first-order valence-electron chi connectivity index (χ1n) is 9.56. The van der Waals surface area contributed by atoms with Crippen LogP contribution in [0.15, 0.2) is 54.6 Å². The van der Waals surface area contributed by atoms with E-state index >= 15 is 0 Å². The van der Waals surface area contributed by atoms with E-state index in [-0.39, 0.29) is 11.9 Å². The van der Waals surface area contributed by atoms with Gasteiger partial charge in [0.15, 0.2) is 0 Å². The molecule has 1 fully saturated rings. The van der Waals surface area contributed by atoms with Gasteiger partial charge in [-0.1, -0.05) is 42.5 Å². The largest absolute Gasteiger partial charge is 0.497 e. The molecule has 0 spiro atoms. The van der Waals surface area contributed by atoms with Crippen molar-refractivity contribution in [2.75, 3.05) is 26.7 Å². The van der Waals surface area contributed by atoms with E-state index in [0.717, 1.165) is 30.6 Å². The Morgan fingerprint density at radius 1 is 1.15 bits per heavy atom. The Kier molecular flexibility index (Phi) is 6.71. The minimum absolute atomic E-state index is 0.0174. The predicted molar refractivity (Wildman–Crippen MR) is 106 cm³/mol. The maximum absolute atomic E-state index is 12.4. The first kappa shape index (κ1) is 19.2. The fourth-order valence-corrected chi connectivity index (χ4v) is 3.56. The molecule has 3 rings (SSSR count). The van der Waals surface area contributed by atoms with E-state index in [2.05, 4.69) is 5.32 Å². The number of aliphatic hydroxyl groups excluding tert-OH is 1. The number of hydrogen-bond acceptors (Lipinski definition) is 3. The van der Waals surface area contributed by atoms with Crippen molar-refractivity contribution in [2.24, 2.45) is 5.92 Å². The van der Waals surface area contributed by atoms with Crippen molar-refractivity contribution >= 4 is 6.03 Å². The highest BCUT2D eigenvalue weighted by molar-refractivity contribution is 5.74. The van der Waals surface area contributed by atoms with Crippen molar-refractivity contribution in [3.05, 3.63) is 65.7 Å². The minimum Gasteiger partial charge on any atom is -0.497 e. The van der Waals surface area contributed by atoms with E-state index in [9.17, 15) is 9.90 Å². The van der Waals surface area contributed by atoms with Gasteiger partial charge in [-0.3, -0.25) is 0 Å². The number of carbonyl (C=O) groups excluding carboxylic acids is 1. The summed E-state index contributed by atoms with van der Waals surface area (Å²) >= 11 is 0. The molecule has 1 aliphatic heterocycles. The SMILES string of the molecule is COc1ccc(CCNC(=O)N2CCC(C(O)c3ccccc3)CC2)cc1. The number of rotatable bonds is 6. The Morgan fingerprint density at radius 2 is 1.81 bits per heavy atom. The second kappa shape index (κ2) is 9.42. The number of hydrogen-bond donors (Lipinski definition) is 2. The van der Waals surface area contributed by atoms with Crippen LogP contribution >= 0.6 is 0 Å². The van der Waals surface area contributed by atoms with Crippen LogP contribution in [0.25, 0.3) is 0 Å². The van der Waals surface area contributed by atoms with Gasteiger partial charge in [0.2, 0.25) is 0 Å². The lowest BCUT2D eigenvalue weighted by Gasteiger charge is -2.34. The number of urea groups is 1. The Bertz CT molecular complexity index is 710. The highest BCUT2D eigenvalue weighted by atomic mass is 16.5. The number of benzene rings is 2. The van der Waals surface area contributed by atoms with Crippen molar-refractivity contribution in [3.8, 4) is 5.75 Å². The fraction of sp³-hybridized carbons (Fsp3) is 0.409. The van der Waals surface area contributed by atoms with E-state index in [1.807, 2.05) is 59.5 Å². The number of methoxy groups -OCH3 is 1. The summed E-state index contributed by atoms with van der Waals surface area (Å²) in [6.45, 7) is 1.98. The molecule has 2 amide bonds. The first-order valence-corrected chi connectivity index (χ1v) is 9.56. The zero-order valence-electron chi connectivity index (χ0n) is 15.8. The standard InChI is InChI=1S/C22H28N2O3/c1-27-20-9-7-17(8-10-20)11-14-23-22(26)24-15-12-19(13-16-24)21(25)18-5-3-2-4-6-18/h2-10,19,21,25H,11-16H2,1H3,(H,23,26). The molecule has 1 saturated heterocycles. The average Bonchev–Trinajstić information content (AvgIpc) is 2.74. The summed E-state index contributed by atoms with van der Waals surface area (Å²) in [6, 6.07) is 17.6. The van der Waals surface area contributed by atoms with E-state index in [1.165, 1.54) is 5.56 Å². The number of nitrogens with one attached hydrogen (secondary N) is 1.